The van der Waals surface area contributed by atoms with Crippen LogP contribution in [0.1, 0.15) is 11.3 Å². The molecule has 0 N–H and O–H groups in total. The summed E-state index contributed by atoms with van der Waals surface area (Å²) in [5.74, 6) is 0. The van der Waals surface area contributed by atoms with E-state index in [0.29, 0.717) is 0 Å². The first-order valence-electron chi connectivity index (χ1n) is 7.82. The molecule has 0 spiro atoms. The SMILES string of the molecule is Clc1cccc(CCc2nc3ccccc3c3ccccc23)c1. The number of rotatable bonds is 3. The molecule has 0 aliphatic heterocycles. The summed E-state index contributed by atoms with van der Waals surface area (Å²) in [5.41, 5.74) is 3.46. The maximum absolute atomic E-state index is 6.08. The van der Waals surface area contributed by atoms with Gasteiger partial charge in [-0.3, -0.25) is 4.98 Å². The quantitative estimate of drug-likeness (QED) is 0.433. The largest absolute Gasteiger partial charge is 0.252 e. The Kier molecular flexibility index (Phi) is 3.72. The van der Waals surface area contributed by atoms with E-state index in [9.17, 15) is 0 Å². The maximum Gasteiger partial charge on any atom is 0.0711 e. The van der Waals surface area contributed by atoms with E-state index < -0.39 is 0 Å². The van der Waals surface area contributed by atoms with Gasteiger partial charge in [0, 0.05) is 21.5 Å². The second kappa shape index (κ2) is 6.02. The predicted octanol–water partition coefficient (Wildman–Crippen LogP) is 5.83. The number of benzene rings is 3. The van der Waals surface area contributed by atoms with Gasteiger partial charge in [-0.1, -0.05) is 66.2 Å². The third-order valence-corrected chi connectivity index (χ3v) is 4.46. The lowest BCUT2D eigenvalue weighted by molar-refractivity contribution is 0.933. The zero-order chi connectivity index (χ0) is 15.6. The number of hydrogen-bond acceptors (Lipinski definition) is 1. The zero-order valence-corrected chi connectivity index (χ0v) is 13.4. The van der Waals surface area contributed by atoms with Gasteiger partial charge in [0.25, 0.3) is 0 Å². The topological polar surface area (TPSA) is 12.9 Å². The van der Waals surface area contributed by atoms with Crippen LogP contribution in [0.4, 0.5) is 0 Å². The summed E-state index contributed by atoms with van der Waals surface area (Å²) in [6.07, 6.45) is 1.85. The second-order valence-corrected chi connectivity index (χ2v) is 6.19. The molecule has 23 heavy (non-hydrogen) atoms. The highest BCUT2D eigenvalue weighted by Crippen LogP contribution is 2.27. The smallest absolute Gasteiger partial charge is 0.0711 e. The van der Waals surface area contributed by atoms with Crippen molar-refractivity contribution in [3.63, 3.8) is 0 Å². The summed E-state index contributed by atoms with van der Waals surface area (Å²) in [6, 6.07) is 24.9. The Morgan fingerprint density at radius 2 is 1.43 bits per heavy atom. The van der Waals surface area contributed by atoms with Crippen molar-refractivity contribution < 1.29 is 0 Å². The molecule has 0 aliphatic rings. The average Bonchev–Trinajstić information content (AvgIpc) is 2.60. The summed E-state index contributed by atoms with van der Waals surface area (Å²) in [5, 5.41) is 4.53. The standard InChI is InChI=1S/C21H16ClN/c22-16-7-5-6-15(14-16)12-13-21-19-9-2-1-8-17(19)18-10-3-4-11-20(18)23-21/h1-11,14H,12-13H2. The van der Waals surface area contributed by atoms with Gasteiger partial charge in [0.15, 0.2) is 0 Å². The number of hydrogen-bond donors (Lipinski definition) is 0. The highest BCUT2D eigenvalue weighted by molar-refractivity contribution is 6.30. The molecule has 4 aromatic rings. The van der Waals surface area contributed by atoms with Crippen LogP contribution in [0.15, 0.2) is 72.8 Å². The summed E-state index contributed by atoms with van der Waals surface area (Å²) < 4.78 is 0. The minimum atomic E-state index is 0.791. The number of pyridine rings is 1. The van der Waals surface area contributed by atoms with E-state index in [1.165, 1.54) is 21.7 Å². The van der Waals surface area contributed by atoms with Gasteiger partial charge in [-0.2, -0.15) is 0 Å². The summed E-state index contributed by atoms with van der Waals surface area (Å²) >= 11 is 6.08. The van der Waals surface area contributed by atoms with Crippen molar-refractivity contribution >= 4 is 33.3 Å². The van der Waals surface area contributed by atoms with Crippen LogP contribution in [0, 0.1) is 0 Å². The number of para-hydroxylation sites is 1. The second-order valence-electron chi connectivity index (χ2n) is 5.75. The van der Waals surface area contributed by atoms with E-state index in [0.717, 1.165) is 29.1 Å². The van der Waals surface area contributed by atoms with Crippen molar-refractivity contribution in [2.45, 2.75) is 12.8 Å². The fourth-order valence-corrected chi connectivity index (χ4v) is 3.33. The van der Waals surface area contributed by atoms with E-state index in [1.54, 1.807) is 0 Å². The molecular weight excluding hydrogens is 302 g/mol. The fraction of sp³-hybridized carbons (Fsp3) is 0.0952. The fourth-order valence-electron chi connectivity index (χ4n) is 3.12. The number of fused-ring (bicyclic) bond motifs is 3. The first-order valence-corrected chi connectivity index (χ1v) is 8.20. The summed E-state index contributed by atoms with van der Waals surface area (Å²) in [7, 11) is 0. The number of nitrogens with zero attached hydrogens (tertiary/aromatic N) is 1. The Morgan fingerprint density at radius 3 is 2.26 bits per heavy atom. The van der Waals surface area contributed by atoms with Crippen LogP contribution in [0.25, 0.3) is 21.7 Å². The molecule has 1 aromatic heterocycles. The van der Waals surface area contributed by atoms with Crippen molar-refractivity contribution in [2.75, 3.05) is 0 Å². The average molecular weight is 318 g/mol. The lowest BCUT2D eigenvalue weighted by atomic mass is 10.00. The molecule has 3 aromatic carbocycles. The third kappa shape index (κ3) is 2.80. The number of halogens is 1. The van der Waals surface area contributed by atoms with Crippen molar-refractivity contribution in [3.05, 3.63) is 89.1 Å². The monoisotopic (exact) mass is 317 g/mol. The van der Waals surface area contributed by atoms with Gasteiger partial charge in [-0.05, 0) is 42.0 Å². The van der Waals surface area contributed by atoms with Gasteiger partial charge in [0.2, 0.25) is 0 Å². The molecular formula is C21H16ClN. The predicted molar refractivity (Wildman–Crippen MR) is 98.1 cm³/mol. The van der Waals surface area contributed by atoms with Gasteiger partial charge >= 0.3 is 0 Å². The first kappa shape index (κ1) is 14.2. The molecule has 4 rings (SSSR count). The molecule has 0 aliphatic carbocycles. The molecule has 0 fully saturated rings. The van der Waals surface area contributed by atoms with E-state index in [2.05, 4.69) is 48.5 Å². The third-order valence-electron chi connectivity index (χ3n) is 4.23. The van der Waals surface area contributed by atoms with Gasteiger partial charge in [0.1, 0.15) is 0 Å². The molecule has 0 bridgehead atoms. The van der Waals surface area contributed by atoms with Crippen molar-refractivity contribution in [1.82, 2.24) is 4.98 Å². The molecule has 112 valence electrons. The Hall–Kier alpha value is -2.38. The van der Waals surface area contributed by atoms with Crippen LogP contribution in [-0.4, -0.2) is 4.98 Å². The Bertz CT molecular complexity index is 991. The van der Waals surface area contributed by atoms with Crippen LogP contribution in [0.3, 0.4) is 0 Å². The van der Waals surface area contributed by atoms with Crippen LogP contribution in [0.2, 0.25) is 5.02 Å². The van der Waals surface area contributed by atoms with Crippen LogP contribution < -0.4 is 0 Å². The summed E-state index contributed by atoms with van der Waals surface area (Å²) in [6.45, 7) is 0. The molecule has 0 unspecified atom stereocenters. The molecule has 1 nitrogen and oxygen atoms in total. The molecule has 0 atom stereocenters. The van der Waals surface area contributed by atoms with Crippen LogP contribution in [0.5, 0.6) is 0 Å². The highest BCUT2D eigenvalue weighted by atomic mass is 35.5. The lowest BCUT2D eigenvalue weighted by Gasteiger charge is -2.10. The van der Waals surface area contributed by atoms with Crippen LogP contribution >= 0.6 is 11.6 Å². The van der Waals surface area contributed by atoms with Crippen molar-refractivity contribution in [2.24, 2.45) is 0 Å². The van der Waals surface area contributed by atoms with Gasteiger partial charge in [0.05, 0.1) is 5.52 Å². The van der Waals surface area contributed by atoms with Gasteiger partial charge in [-0.15, -0.1) is 0 Å². The Balaban J connectivity index is 1.79. The highest BCUT2D eigenvalue weighted by Gasteiger charge is 2.08. The van der Waals surface area contributed by atoms with Crippen LogP contribution in [-0.2, 0) is 12.8 Å². The van der Waals surface area contributed by atoms with Gasteiger partial charge < -0.3 is 0 Å². The zero-order valence-electron chi connectivity index (χ0n) is 12.7. The molecule has 0 saturated heterocycles. The maximum atomic E-state index is 6.08. The van der Waals surface area contributed by atoms with Crippen molar-refractivity contribution in [3.8, 4) is 0 Å². The molecule has 0 radical (unpaired) electrons. The van der Waals surface area contributed by atoms with Gasteiger partial charge in [-0.25, -0.2) is 0 Å². The van der Waals surface area contributed by atoms with E-state index in [4.69, 9.17) is 16.6 Å². The molecule has 0 amide bonds. The Labute approximate surface area is 140 Å². The number of aromatic nitrogens is 1. The minimum Gasteiger partial charge on any atom is -0.252 e. The molecule has 0 saturated carbocycles. The molecule has 1 heterocycles. The summed E-state index contributed by atoms with van der Waals surface area (Å²) in [4.78, 5) is 4.91. The first-order chi connectivity index (χ1) is 11.3. The van der Waals surface area contributed by atoms with E-state index in [-0.39, 0.29) is 0 Å². The number of aryl methyl sites for hydroxylation is 2. The Morgan fingerprint density at radius 1 is 0.696 bits per heavy atom. The van der Waals surface area contributed by atoms with Crippen molar-refractivity contribution in [1.29, 1.82) is 0 Å². The lowest BCUT2D eigenvalue weighted by Crippen LogP contribution is -1.97. The molecule has 2 heteroatoms. The van der Waals surface area contributed by atoms with E-state index in [1.807, 2.05) is 24.3 Å². The normalized spacial score (nSPS) is 11.2. The van der Waals surface area contributed by atoms with E-state index >= 15 is 0 Å². The minimum absolute atomic E-state index is 0.791.